The highest BCUT2D eigenvalue weighted by Gasteiger charge is 2.22. The minimum Gasteiger partial charge on any atom is -0.364 e. The van der Waals surface area contributed by atoms with Crippen molar-refractivity contribution in [2.75, 3.05) is 23.9 Å². The fraction of sp³-hybridized carbons (Fsp3) is 0.231. The lowest BCUT2D eigenvalue weighted by molar-refractivity contribution is 0.309. The molecule has 1 N–H and O–H groups in total. The number of benzene rings is 1. The van der Waals surface area contributed by atoms with Crippen LogP contribution in [-0.4, -0.2) is 38.6 Å². The highest BCUT2D eigenvalue weighted by atomic mass is 79.9. The van der Waals surface area contributed by atoms with Gasteiger partial charge in [-0.2, -0.15) is 11.8 Å². The molecule has 2 aromatic heterocycles. The Morgan fingerprint density at radius 2 is 2.21 bits per heavy atom. The first-order valence-corrected chi connectivity index (χ1v) is 8.90. The summed E-state index contributed by atoms with van der Waals surface area (Å²) in [7, 11) is 0. The topological polar surface area (TPSA) is 99.0 Å². The zero-order valence-corrected chi connectivity index (χ0v) is 14.7. The molecule has 0 aliphatic carbocycles. The number of thioether (sulfide) groups is 1. The van der Waals surface area contributed by atoms with Crippen LogP contribution in [0.1, 0.15) is 0 Å². The van der Waals surface area contributed by atoms with Gasteiger partial charge in [-0.15, -0.1) is 0 Å². The zero-order chi connectivity index (χ0) is 17.1. The molecule has 0 aliphatic heterocycles. The van der Waals surface area contributed by atoms with Crippen molar-refractivity contribution in [1.29, 1.82) is 0 Å². The van der Waals surface area contributed by atoms with Gasteiger partial charge in [0.15, 0.2) is 5.69 Å². The average Bonchev–Trinajstić information content (AvgIpc) is 3.17. The van der Waals surface area contributed by atoms with Crippen molar-refractivity contribution in [1.82, 2.24) is 20.0 Å². The largest absolute Gasteiger partial charge is 0.446 e. The van der Waals surface area contributed by atoms with E-state index in [4.69, 9.17) is 9.15 Å². The Morgan fingerprint density at radius 1 is 1.38 bits per heavy atom. The summed E-state index contributed by atoms with van der Waals surface area (Å²) in [6.07, 6.45) is 1.97. The number of rotatable bonds is 6. The fourth-order valence-electron chi connectivity index (χ4n) is 1.97. The van der Waals surface area contributed by atoms with E-state index in [9.17, 15) is 9.18 Å². The Balaban J connectivity index is 2.04. The highest BCUT2D eigenvalue weighted by Crippen LogP contribution is 2.25. The maximum Gasteiger partial charge on any atom is 0.446 e. The van der Waals surface area contributed by atoms with E-state index in [1.807, 2.05) is 6.26 Å². The van der Waals surface area contributed by atoms with E-state index in [0.717, 1.165) is 10.3 Å². The minimum atomic E-state index is -0.773. The summed E-state index contributed by atoms with van der Waals surface area (Å²) >= 11 is 4.72. The van der Waals surface area contributed by atoms with Gasteiger partial charge in [-0.1, -0.05) is 5.16 Å². The molecule has 0 spiro atoms. The van der Waals surface area contributed by atoms with E-state index in [2.05, 4.69) is 36.7 Å². The van der Waals surface area contributed by atoms with Crippen LogP contribution in [0.3, 0.4) is 0 Å². The van der Waals surface area contributed by atoms with Crippen molar-refractivity contribution >= 4 is 33.5 Å². The van der Waals surface area contributed by atoms with E-state index in [-0.39, 0.29) is 21.7 Å². The lowest BCUT2D eigenvalue weighted by Crippen LogP contribution is -2.14. The third-order valence-corrected chi connectivity index (χ3v) is 4.32. The molecule has 11 heteroatoms. The number of aromatic nitrogens is 4. The Kier molecular flexibility index (Phi) is 5.00. The first-order valence-electron chi connectivity index (χ1n) is 6.71. The molecule has 0 bridgehead atoms. The molecule has 2 heterocycles. The molecule has 0 atom stereocenters. The molecule has 0 saturated heterocycles. The van der Waals surface area contributed by atoms with Crippen LogP contribution in [0.5, 0.6) is 0 Å². The van der Waals surface area contributed by atoms with Gasteiger partial charge in [0, 0.05) is 12.3 Å². The summed E-state index contributed by atoms with van der Waals surface area (Å²) in [5.41, 5.74) is 0.445. The van der Waals surface area contributed by atoms with Crippen LogP contribution >= 0.6 is 27.7 Å². The van der Waals surface area contributed by atoms with Crippen LogP contribution in [0.4, 0.5) is 10.2 Å². The van der Waals surface area contributed by atoms with Crippen molar-refractivity contribution in [2.45, 2.75) is 0 Å². The van der Waals surface area contributed by atoms with Gasteiger partial charge in [0.1, 0.15) is 5.82 Å². The van der Waals surface area contributed by atoms with Crippen molar-refractivity contribution in [3.63, 3.8) is 0 Å². The van der Waals surface area contributed by atoms with E-state index in [1.165, 1.54) is 12.1 Å². The molecular weight excluding hydrogens is 405 g/mol. The number of hydrogen-bond acceptors (Lipinski definition) is 8. The van der Waals surface area contributed by atoms with Gasteiger partial charge in [-0.25, -0.2) is 18.4 Å². The van der Waals surface area contributed by atoms with E-state index < -0.39 is 11.6 Å². The van der Waals surface area contributed by atoms with Gasteiger partial charge < -0.3 is 5.32 Å². The van der Waals surface area contributed by atoms with Crippen LogP contribution in [0.15, 0.2) is 36.6 Å². The van der Waals surface area contributed by atoms with E-state index >= 15 is 0 Å². The van der Waals surface area contributed by atoms with Gasteiger partial charge in [0.2, 0.25) is 11.6 Å². The van der Waals surface area contributed by atoms with Gasteiger partial charge in [0.25, 0.3) is 0 Å². The van der Waals surface area contributed by atoms with Gasteiger partial charge in [-0.3, -0.25) is 4.52 Å². The van der Waals surface area contributed by atoms with Crippen molar-refractivity contribution < 1.29 is 13.5 Å². The Labute approximate surface area is 147 Å². The fourth-order valence-corrected chi connectivity index (χ4v) is 2.53. The van der Waals surface area contributed by atoms with Crippen LogP contribution in [0.25, 0.3) is 17.2 Å². The molecule has 0 aliphatic rings. The summed E-state index contributed by atoms with van der Waals surface area (Å²) in [6, 6.07) is 4.21. The summed E-state index contributed by atoms with van der Waals surface area (Å²) < 4.78 is 24.6. The smallest absolute Gasteiger partial charge is 0.364 e. The number of anilines is 1. The van der Waals surface area contributed by atoms with E-state index in [0.29, 0.717) is 12.4 Å². The standard InChI is InChI=1S/C13H11BrFN5O3S/c1-24-5-4-16-11-10(17-23-18-11)12-19-22-13(21)20(12)7-2-3-8(14)9(15)6-7/h2-3,6H,4-5H2,1H3,(H,16,18). The normalized spacial score (nSPS) is 11.0. The quantitative estimate of drug-likeness (QED) is 0.613. The molecule has 126 valence electrons. The summed E-state index contributed by atoms with van der Waals surface area (Å²) in [5.74, 6) is -0.0678. The second-order valence-electron chi connectivity index (χ2n) is 4.59. The number of nitrogens with one attached hydrogen (secondary N) is 1. The lowest BCUT2D eigenvalue weighted by atomic mass is 10.3. The Hall–Kier alpha value is -2.14. The molecule has 0 amide bonds. The molecule has 3 rings (SSSR count). The number of halogens is 2. The Morgan fingerprint density at radius 3 is 2.96 bits per heavy atom. The van der Waals surface area contributed by atoms with Gasteiger partial charge in [0.05, 0.1) is 10.2 Å². The average molecular weight is 416 g/mol. The molecule has 24 heavy (non-hydrogen) atoms. The third-order valence-electron chi connectivity index (χ3n) is 3.06. The molecule has 0 unspecified atom stereocenters. The van der Waals surface area contributed by atoms with Crippen molar-refractivity contribution in [2.24, 2.45) is 0 Å². The maximum atomic E-state index is 13.8. The third kappa shape index (κ3) is 3.22. The monoisotopic (exact) mass is 415 g/mol. The first-order chi connectivity index (χ1) is 11.6. The van der Waals surface area contributed by atoms with Gasteiger partial charge in [-0.05, 0) is 50.7 Å². The van der Waals surface area contributed by atoms with Crippen LogP contribution in [-0.2, 0) is 0 Å². The van der Waals surface area contributed by atoms with Crippen LogP contribution in [0.2, 0.25) is 0 Å². The summed E-state index contributed by atoms with van der Waals surface area (Å²) in [4.78, 5) is 12.0. The summed E-state index contributed by atoms with van der Waals surface area (Å²) in [5, 5.41) is 14.3. The molecule has 1 aromatic carbocycles. The molecule has 0 radical (unpaired) electrons. The van der Waals surface area contributed by atoms with Crippen molar-refractivity contribution in [3.05, 3.63) is 39.0 Å². The zero-order valence-electron chi connectivity index (χ0n) is 12.3. The molecule has 8 nitrogen and oxygen atoms in total. The van der Waals surface area contributed by atoms with E-state index in [1.54, 1.807) is 17.8 Å². The minimum absolute atomic E-state index is 0.0645. The predicted molar refractivity (Wildman–Crippen MR) is 89.9 cm³/mol. The number of nitrogens with zero attached hydrogens (tertiary/aromatic N) is 4. The molecule has 3 aromatic rings. The molecule has 0 saturated carbocycles. The maximum absolute atomic E-state index is 13.8. The van der Waals surface area contributed by atoms with Crippen molar-refractivity contribution in [3.8, 4) is 17.2 Å². The van der Waals surface area contributed by atoms with Crippen LogP contribution in [0, 0.1) is 5.82 Å². The Bertz CT molecular complexity index is 909. The summed E-state index contributed by atoms with van der Waals surface area (Å²) in [6.45, 7) is 0.622. The number of hydrogen-bond donors (Lipinski definition) is 1. The SMILES string of the molecule is CSCCNc1nonc1-c1noc(=O)n1-c1ccc(Br)c(F)c1. The lowest BCUT2D eigenvalue weighted by Gasteiger charge is -2.05. The first kappa shape index (κ1) is 16.7. The molecule has 0 fully saturated rings. The highest BCUT2D eigenvalue weighted by molar-refractivity contribution is 9.10. The second-order valence-corrected chi connectivity index (χ2v) is 6.43. The predicted octanol–water partition coefficient (Wildman–Crippen LogP) is 2.55. The molecular formula is C13H11BrFN5O3S. The van der Waals surface area contributed by atoms with Gasteiger partial charge >= 0.3 is 5.76 Å². The van der Waals surface area contributed by atoms with Crippen LogP contribution < -0.4 is 11.1 Å². The second kappa shape index (κ2) is 7.18.